The zero-order chi connectivity index (χ0) is 10.7. The minimum atomic E-state index is 0.243. The third kappa shape index (κ3) is 2.29. The molecule has 1 rings (SSSR count). The van der Waals surface area contributed by atoms with Crippen molar-refractivity contribution < 1.29 is 9.84 Å². The first-order valence-electron chi connectivity index (χ1n) is 5.88. The van der Waals surface area contributed by atoms with E-state index in [1.165, 1.54) is 0 Å². The van der Waals surface area contributed by atoms with Crippen LogP contribution in [0.1, 0.15) is 40.5 Å². The molecule has 1 fully saturated rings. The highest BCUT2D eigenvalue weighted by Gasteiger charge is 2.37. The van der Waals surface area contributed by atoms with Gasteiger partial charge in [0.15, 0.2) is 0 Å². The van der Waals surface area contributed by atoms with Crippen LogP contribution in [0.25, 0.3) is 0 Å². The lowest BCUT2D eigenvalue weighted by atomic mass is 9.75. The van der Waals surface area contributed by atoms with Crippen LogP contribution in [0.4, 0.5) is 0 Å². The Balaban J connectivity index is 2.63. The number of aliphatic hydroxyl groups is 1. The molecule has 0 amide bonds. The average Bonchev–Trinajstić information content (AvgIpc) is 2.19. The Labute approximate surface area is 87.7 Å². The van der Waals surface area contributed by atoms with E-state index in [0.717, 1.165) is 12.8 Å². The smallest absolute Gasteiger partial charge is 0.0629 e. The minimum absolute atomic E-state index is 0.243. The van der Waals surface area contributed by atoms with Crippen LogP contribution in [-0.4, -0.2) is 23.9 Å². The Hall–Kier alpha value is -0.0800. The van der Waals surface area contributed by atoms with E-state index in [-0.39, 0.29) is 12.7 Å². The molecular formula is C12H24O2. The second kappa shape index (κ2) is 5.13. The summed E-state index contributed by atoms with van der Waals surface area (Å²) in [5, 5.41) is 8.97. The molecule has 0 aromatic carbocycles. The van der Waals surface area contributed by atoms with Gasteiger partial charge in [0.25, 0.3) is 0 Å². The predicted molar refractivity (Wildman–Crippen MR) is 58.1 cm³/mol. The topological polar surface area (TPSA) is 29.5 Å². The second-order valence-electron chi connectivity index (χ2n) is 4.71. The largest absolute Gasteiger partial charge is 0.396 e. The fourth-order valence-corrected chi connectivity index (χ4v) is 2.55. The van der Waals surface area contributed by atoms with Gasteiger partial charge in [-0.1, -0.05) is 27.7 Å². The van der Waals surface area contributed by atoms with Crippen LogP contribution in [0, 0.1) is 17.8 Å². The molecule has 3 unspecified atom stereocenters. The number of hydrogen-bond acceptors (Lipinski definition) is 2. The van der Waals surface area contributed by atoms with Gasteiger partial charge < -0.3 is 9.84 Å². The molecular weight excluding hydrogens is 176 g/mol. The van der Waals surface area contributed by atoms with Gasteiger partial charge in [-0.15, -0.1) is 0 Å². The molecule has 0 spiro atoms. The summed E-state index contributed by atoms with van der Waals surface area (Å²) in [6.07, 6.45) is 2.52. The zero-order valence-corrected chi connectivity index (χ0v) is 9.86. The van der Waals surface area contributed by atoms with Gasteiger partial charge in [-0.25, -0.2) is 0 Å². The number of ether oxygens (including phenoxy) is 1. The first kappa shape index (κ1) is 12.0. The third-order valence-corrected chi connectivity index (χ3v) is 4.00. The summed E-state index contributed by atoms with van der Waals surface area (Å²) >= 11 is 0. The molecule has 5 atom stereocenters. The van der Waals surface area contributed by atoms with Crippen molar-refractivity contribution in [3.8, 4) is 0 Å². The van der Waals surface area contributed by atoms with Crippen molar-refractivity contribution in [2.24, 2.45) is 17.8 Å². The fraction of sp³-hybridized carbons (Fsp3) is 1.00. The first-order chi connectivity index (χ1) is 6.61. The maximum absolute atomic E-state index is 8.97. The SMILES string of the molecule is CCC1OC(CCO)C(C)[C@@H](C)[C@H]1C. The molecule has 1 aliphatic heterocycles. The summed E-state index contributed by atoms with van der Waals surface area (Å²) in [7, 11) is 0. The summed E-state index contributed by atoms with van der Waals surface area (Å²) in [5.41, 5.74) is 0. The fourth-order valence-electron chi connectivity index (χ4n) is 2.55. The van der Waals surface area contributed by atoms with Gasteiger partial charge in [-0.2, -0.15) is 0 Å². The molecule has 14 heavy (non-hydrogen) atoms. The highest BCUT2D eigenvalue weighted by molar-refractivity contribution is 4.85. The van der Waals surface area contributed by atoms with Crippen LogP contribution in [0.3, 0.4) is 0 Å². The van der Waals surface area contributed by atoms with Crippen molar-refractivity contribution in [2.75, 3.05) is 6.61 Å². The van der Waals surface area contributed by atoms with Gasteiger partial charge in [0.05, 0.1) is 12.2 Å². The van der Waals surface area contributed by atoms with Crippen molar-refractivity contribution >= 4 is 0 Å². The van der Waals surface area contributed by atoms with Crippen LogP contribution in [-0.2, 0) is 4.74 Å². The molecule has 84 valence electrons. The molecule has 1 aliphatic rings. The van der Waals surface area contributed by atoms with Crippen molar-refractivity contribution in [3.05, 3.63) is 0 Å². The number of aliphatic hydroxyl groups excluding tert-OH is 1. The van der Waals surface area contributed by atoms with E-state index in [9.17, 15) is 0 Å². The number of rotatable bonds is 3. The van der Waals surface area contributed by atoms with Gasteiger partial charge in [-0.3, -0.25) is 0 Å². The second-order valence-corrected chi connectivity index (χ2v) is 4.71. The predicted octanol–water partition coefficient (Wildman–Crippen LogP) is 2.45. The highest BCUT2D eigenvalue weighted by atomic mass is 16.5. The summed E-state index contributed by atoms with van der Waals surface area (Å²) in [6.45, 7) is 9.26. The molecule has 0 aromatic rings. The summed E-state index contributed by atoms with van der Waals surface area (Å²) in [5.74, 6) is 1.91. The number of hydrogen-bond donors (Lipinski definition) is 1. The first-order valence-corrected chi connectivity index (χ1v) is 5.88. The highest BCUT2D eigenvalue weighted by Crippen LogP contribution is 2.36. The summed E-state index contributed by atoms with van der Waals surface area (Å²) in [6, 6.07) is 0. The van der Waals surface area contributed by atoms with Gasteiger partial charge in [-0.05, 0) is 30.6 Å². The Bertz CT molecular complexity index is 166. The monoisotopic (exact) mass is 200 g/mol. The lowest BCUT2D eigenvalue weighted by Gasteiger charge is -2.43. The summed E-state index contributed by atoms with van der Waals surface area (Å²) < 4.78 is 6.01. The lowest BCUT2D eigenvalue weighted by Crippen LogP contribution is -2.44. The average molecular weight is 200 g/mol. The van der Waals surface area contributed by atoms with Gasteiger partial charge >= 0.3 is 0 Å². The quantitative estimate of drug-likeness (QED) is 0.758. The van der Waals surface area contributed by atoms with E-state index in [1.807, 2.05) is 0 Å². The Morgan fingerprint density at radius 2 is 1.57 bits per heavy atom. The molecule has 2 heteroatoms. The van der Waals surface area contributed by atoms with Crippen LogP contribution in [0.2, 0.25) is 0 Å². The van der Waals surface area contributed by atoms with Crippen LogP contribution in [0.5, 0.6) is 0 Å². The molecule has 0 bridgehead atoms. The molecule has 0 radical (unpaired) electrons. The maximum atomic E-state index is 8.97. The Morgan fingerprint density at radius 3 is 2.07 bits per heavy atom. The van der Waals surface area contributed by atoms with Crippen molar-refractivity contribution in [2.45, 2.75) is 52.7 Å². The van der Waals surface area contributed by atoms with E-state index in [0.29, 0.717) is 23.9 Å². The molecule has 0 aromatic heterocycles. The normalized spacial score (nSPS) is 43.9. The molecule has 1 saturated heterocycles. The van der Waals surface area contributed by atoms with Gasteiger partial charge in [0.2, 0.25) is 0 Å². The lowest BCUT2D eigenvalue weighted by molar-refractivity contribution is -0.139. The summed E-state index contributed by atoms with van der Waals surface area (Å²) in [4.78, 5) is 0. The standard InChI is InChI=1S/C12H24O2/c1-5-11-9(3)8(2)10(4)12(14-11)6-7-13/h8-13H,5-7H2,1-4H3/t8-,9+,10?,11?,12?/m0/s1. The third-order valence-electron chi connectivity index (χ3n) is 4.00. The molecule has 1 heterocycles. The molecule has 1 N–H and O–H groups in total. The van der Waals surface area contributed by atoms with Crippen molar-refractivity contribution in [1.29, 1.82) is 0 Å². The van der Waals surface area contributed by atoms with Crippen LogP contribution < -0.4 is 0 Å². The van der Waals surface area contributed by atoms with E-state index in [2.05, 4.69) is 27.7 Å². The van der Waals surface area contributed by atoms with E-state index in [1.54, 1.807) is 0 Å². The van der Waals surface area contributed by atoms with Crippen molar-refractivity contribution in [1.82, 2.24) is 0 Å². The van der Waals surface area contributed by atoms with E-state index in [4.69, 9.17) is 9.84 Å². The van der Waals surface area contributed by atoms with E-state index < -0.39 is 0 Å². The van der Waals surface area contributed by atoms with Gasteiger partial charge in [0, 0.05) is 6.61 Å². The molecule has 0 saturated carbocycles. The zero-order valence-electron chi connectivity index (χ0n) is 9.86. The Kier molecular flexibility index (Phi) is 4.39. The molecule has 2 nitrogen and oxygen atoms in total. The maximum Gasteiger partial charge on any atom is 0.0629 e. The van der Waals surface area contributed by atoms with E-state index >= 15 is 0 Å². The Morgan fingerprint density at radius 1 is 1.00 bits per heavy atom. The minimum Gasteiger partial charge on any atom is -0.396 e. The molecule has 0 aliphatic carbocycles. The van der Waals surface area contributed by atoms with Crippen molar-refractivity contribution in [3.63, 3.8) is 0 Å². The van der Waals surface area contributed by atoms with Crippen LogP contribution in [0.15, 0.2) is 0 Å². The van der Waals surface area contributed by atoms with Crippen LogP contribution >= 0.6 is 0 Å². The van der Waals surface area contributed by atoms with Gasteiger partial charge in [0.1, 0.15) is 0 Å².